The average Bonchev–Trinajstić information content (AvgIpc) is 2.75. The predicted octanol–water partition coefficient (Wildman–Crippen LogP) is 4.86. The second-order valence-corrected chi connectivity index (χ2v) is 6.55. The van der Waals surface area contributed by atoms with Crippen molar-refractivity contribution in [2.45, 2.75) is 13.3 Å². The van der Waals surface area contributed by atoms with Crippen LogP contribution in [0.3, 0.4) is 0 Å². The number of aryl methyl sites for hydroxylation is 2. The van der Waals surface area contributed by atoms with E-state index in [9.17, 15) is 4.39 Å². The molecule has 0 bridgehead atoms. The average molecular weight is 415 g/mol. The maximum absolute atomic E-state index is 13.7. The number of hydrogen-bond donors (Lipinski definition) is 0. The van der Waals surface area contributed by atoms with Crippen LogP contribution >= 0.6 is 34.2 Å². The number of fused-ring (bicyclic) bond motifs is 1. The minimum atomic E-state index is -0.241. The molecule has 0 N–H and O–H groups in total. The molecule has 0 fully saturated rings. The first kappa shape index (κ1) is 14.8. The smallest absolute Gasteiger partial charge is 0.125 e. The highest BCUT2D eigenvalue weighted by atomic mass is 127. The summed E-state index contributed by atoms with van der Waals surface area (Å²) >= 11 is 8.15. The molecule has 0 aliphatic heterocycles. The molecular weight excluding hydrogens is 402 g/mol. The summed E-state index contributed by atoms with van der Waals surface area (Å²) in [5.74, 6) is 1.09. The molecule has 108 valence electrons. The molecule has 0 aliphatic carbocycles. The van der Waals surface area contributed by atoms with Gasteiger partial charge in [-0.1, -0.05) is 0 Å². The molecule has 1 heterocycles. The van der Waals surface area contributed by atoms with E-state index in [0.717, 1.165) is 31.7 Å². The number of aromatic nitrogens is 2. The molecule has 0 amide bonds. The second kappa shape index (κ2) is 5.93. The first-order chi connectivity index (χ1) is 10.1. The van der Waals surface area contributed by atoms with Crippen LogP contribution in [0.2, 0.25) is 0 Å². The normalized spacial score (nSPS) is 11.2. The minimum Gasteiger partial charge on any atom is -0.296 e. The number of alkyl halides is 1. The van der Waals surface area contributed by atoms with E-state index in [-0.39, 0.29) is 5.82 Å². The molecule has 2 nitrogen and oxygen atoms in total. The first-order valence-corrected chi connectivity index (χ1v) is 8.20. The zero-order valence-electron chi connectivity index (χ0n) is 11.4. The van der Waals surface area contributed by atoms with Crippen LogP contribution in [0.4, 0.5) is 4.39 Å². The summed E-state index contributed by atoms with van der Waals surface area (Å²) in [6.45, 7) is 1.88. The summed E-state index contributed by atoms with van der Waals surface area (Å²) in [5.41, 5.74) is 3.55. The Hall–Kier alpha value is -1.14. The van der Waals surface area contributed by atoms with E-state index in [0.29, 0.717) is 12.3 Å². The Morgan fingerprint density at radius 2 is 2.05 bits per heavy atom. The number of hydrogen-bond acceptors (Lipinski definition) is 1. The van der Waals surface area contributed by atoms with Gasteiger partial charge in [-0.3, -0.25) is 4.57 Å². The van der Waals surface area contributed by atoms with E-state index in [1.165, 1.54) is 12.1 Å². The van der Waals surface area contributed by atoms with Gasteiger partial charge in [0, 0.05) is 15.9 Å². The van der Waals surface area contributed by atoms with Crippen LogP contribution in [0.15, 0.2) is 36.4 Å². The van der Waals surface area contributed by atoms with Gasteiger partial charge in [-0.2, -0.15) is 0 Å². The van der Waals surface area contributed by atoms with Crippen molar-refractivity contribution < 1.29 is 4.39 Å². The van der Waals surface area contributed by atoms with E-state index in [4.69, 9.17) is 11.6 Å². The van der Waals surface area contributed by atoms with Gasteiger partial charge in [0.1, 0.15) is 11.6 Å². The van der Waals surface area contributed by atoms with Crippen molar-refractivity contribution in [3.05, 3.63) is 57.2 Å². The maximum Gasteiger partial charge on any atom is 0.125 e. The summed E-state index contributed by atoms with van der Waals surface area (Å²) < 4.78 is 16.9. The third-order valence-electron chi connectivity index (χ3n) is 3.29. The predicted molar refractivity (Wildman–Crippen MR) is 92.9 cm³/mol. The van der Waals surface area contributed by atoms with Gasteiger partial charge in [0.05, 0.1) is 16.7 Å². The molecule has 0 saturated carbocycles. The highest BCUT2D eigenvalue weighted by Gasteiger charge is 2.13. The standard InChI is InChI=1S/C16H13ClFIN2/c1-10-6-11(18)8-13(7-10)21-15-3-2-12(19)9-14(15)20-16(21)4-5-17/h2-3,6-9H,4-5H2,1H3. The number of nitrogens with zero attached hydrogens (tertiary/aromatic N) is 2. The fourth-order valence-electron chi connectivity index (χ4n) is 2.49. The third kappa shape index (κ3) is 2.92. The van der Waals surface area contributed by atoms with E-state index < -0.39 is 0 Å². The van der Waals surface area contributed by atoms with E-state index in [2.05, 4.69) is 27.6 Å². The molecule has 5 heteroatoms. The molecular formula is C16H13ClFIN2. The Bertz CT molecular complexity index is 793. The van der Waals surface area contributed by atoms with Crippen LogP contribution in [0, 0.1) is 16.3 Å². The topological polar surface area (TPSA) is 17.8 Å². The van der Waals surface area contributed by atoms with E-state index >= 15 is 0 Å². The van der Waals surface area contributed by atoms with Gasteiger partial charge < -0.3 is 0 Å². The Balaban J connectivity index is 2.30. The Morgan fingerprint density at radius 3 is 2.76 bits per heavy atom. The summed E-state index contributed by atoms with van der Waals surface area (Å²) in [7, 11) is 0. The largest absolute Gasteiger partial charge is 0.296 e. The summed E-state index contributed by atoms with van der Waals surface area (Å²) in [5, 5.41) is 0. The molecule has 0 radical (unpaired) electrons. The van der Waals surface area contributed by atoms with Crippen molar-refractivity contribution in [2.24, 2.45) is 0 Å². The van der Waals surface area contributed by atoms with Crippen LogP contribution in [-0.4, -0.2) is 15.4 Å². The van der Waals surface area contributed by atoms with E-state index in [1.807, 2.05) is 35.8 Å². The fraction of sp³-hybridized carbons (Fsp3) is 0.188. The van der Waals surface area contributed by atoms with Gasteiger partial charge in [-0.15, -0.1) is 11.6 Å². The lowest BCUT2D eigenvalue weighted by atomic mass is 10.2. The Kier molecular flexibility index (Phi) is 4.17. The monoisotopic (exact) mass is 414 g/mol. The molecule has 0 aliphatic rings. The molecule has 0 spiro atoms. The van der Waals surface area contributed by atoms with Gasteiger partial charge >= 0.3 is 0 Å². The molecule has 3 rings (SSSR count). The van der Waals surface area contributed by atoms with Crippen LogP contribution in [0.25, 0.3) is 16.7 Å². The highest BCUT2D eigenvalue weighted by Crippen LogP contribution is 2.25. The minimum absolute atomic E-state index is 0.241. The van der Waals surface area contributed by atoms with Crippen molar-refractivity contribution in [3.8, 4) is 5.69 Å². The highest BCUT2D eigenvalue weighted by molar-refractivity contribution is 14.1. The number of benzene rings is 2. The van der Waals surface area contributed by atoms with Gasteiger partial charge in [0.25, 0.3) is 0 Å². The van der Waals surface area contributed by atoms with Gasteiger partial charge in [-0.05, 0) is 71.5 Å². The van der Waals surface area contributed by atoms with Crippen molar-refractivity contribution >= 4 is 45.2 Å². The summed E-state index contributed by atoms with van der Waals surface area (Å²) in [6, 6.07) is 11.1. The van der Waals surface area contributed by atoms with Gasteiger partial charge in [-0.25, -0.2) is 9.37 Å². The van der Waals surface area contributed by atoms with Crippen molar-refractivity contribution in [3.63, 3.8) is 0 Å². The molecule has 0 atom stereocenters. The zero-order valence-corrected chi connectivity index (χ0v) is 14.3. The molecule has 1 aromatic heterocycles. The lowest BCUT2D eigenvalue weighted by Crippen LogP contribution is -2.03. The molecule has 2 aromatic carbocycles. The second-order valence-electron chi connectivity index (χ2n) is 4.92. The summed E-state index contributed by atoms with van der Waals surface area (Å²) in [6.07, 6.45) is 0.641. The Labute approximate surface area is 141 Å². The van der Waals surface area contributed by atoms with Crippen LogP contribution in [0.1, 0.15) is 11.4 Å². The van der Waals surface area contributed by atoms with Crippen LogP contribution in [0.5, 0.6) is 0 Å². The fourth-order valence-corrected chi connectivity index (χ4v) is 3.13. The lowest BCUT2D eigenvalue weighted by Gasteiger charge is -2.10. The van der Waals surface area contributed by atoms with Crippen LogP contribution < -0.4 is 0 Å². The summed E-state index contributed by atoms with van der Waals surface area (Å²) in [4.78, 5) is 4.65. The van der Waals surface area contributed by atoms with Gasteiger partial charge in [0.15, 0.2) is 0 Å². The zero-order chi connectivity index (χ0) is 15.0. The number of halogens is 3. The number of rotatable bonds is 3. The van der Waals surface area contributed by atoms with E-state index in [1.54, 1.807) is 0 Å². The quantitative estimate of drug-likeness (QED) is 0.442. The van der Waals surface area contributed by atoms with Gasteiger partial charge in [0.2, 0.25) is 0 Å². The lowest BCUT2D eigenvalue weighted by molar-refractivity contribution is 0.625. The maximum atomic E-state index is 13.7. The molecule has 21 heavy (non-hydrogen) atoms. The van der Waals surface area contributed by atoms with Crippen LogP contribution in [-0.2, 0) is 6.42 Å². The molecule has 0 saturated heterocycles. The molecule has 3 aromatic rings. The Morgan fingerprint density at radius 1 is 1.24 bits per heavy atom. The van der Waals surface area contributed by atoms with Crippen molar-refractivity contribution in [2.75, 3.05) is 5.88 Å². The van der Waals surface area contributed by atoms with Crippen molar-refractivity contribution in [1.82, 2.24) is 9.55 Å². The third-order valence-corrected chi connectivity index (χ3v) is 4.15. The molecule has 0 unspecified atom stereocenters. The SMILES string of the molecule is Cc1cc(F)cc(-n2c(CCCl)nc3cc(I)ccc32)c1. The van der Waals surface area contributed by atoms with Crippen molar-refractivity contribution in [1.29, 1.82) is 0 Å². The number of imidazole rings is 1. The first-order valence-electron chi connectivity index (χ1n) is 6.59.